The lowest BCUT2D eigenvalue weighted by molar-refractivity contribution is 1.18. The maximum atomic E-state index is 9.14. The molecule has 0 aliphatic carbocycles. The number of aromatic nitrogens is 2. The van der Waals surface area contributed by atoms with Crippen molar-refractivity contribution >= 4 is 43.6 Å². The molecule has 0 N–H and O–H groups in total. The number of fused-ring (bicyclic) bond motifs is 6. The van der Waals surface area contributed by atoms with Crippen molar-refractivity contribution in [2.45, 2.75) is 0 Å². The van der Waals surface area contributed by atoms with E-state index in [9.17, 15) is 0 Å². The zero-order chi connectivity index (χ0) is 43.5. The van der Waals surface area contributed by atoms with Crippen LogP contribution in [0.25, 0.3) is 88.4 Å². The highest BCUT2D eigenvalue weighted by molar-refractivity contribution is 6.13. The van der Waals surface area contributed by atoms with E-state index in [-0.39, 0.29) is 72.0 Å². The highest BCUT2D eigenvalue weighted by Crippen LogP contribution is 2.40. The van der Waals surface area contributed by atoms with Crippen LogP contribution in [-0.2, 0) is 0 Å². The molecule has 0 saturated carbocycles. The van der Waals surface area contributed by atoms with E-state index in [1.165, 1.54) is 6.07 Å². The Kier molecular flexibility index (Phi) is 4.32. The number of para-hydroxylation sites is 3. The normalized spacial score (nSPS) is 15.0. The van der Waals surface area contributed by atoms with Gasteiger partial charge in [-0.2, -0.15) is 0 Å². The fourth-order valence-electron chi connectivity index (χ4n) is 7.02. The van der Waals surface area contributed by atoms with Gasteiger partial charge < -0.3 is 9.13 Å². The van der Waals surface area contributed by atoms with Crippen molar-refractivity contribution in [1.82, 2.24) is 9.13 Å². The van der Waals surface area contributed by atoms with Gasteiger partial charge in [-0.15, -0.1) is 0 Å². The lowest BCUT2D eigenvalue weighted by Gasteiger charge is -2.14. The van der Waals surface area contributed by atoms with Gasteiger partial charge in [0, 0.05) is 32.8 Å². The Morgan fingerprint density at radius 3 is 1.68 bits per heavy atom. The fraction of sp³-hybridized carbons (Fsp3) is 0. The summed E-state index contributed by atoms with van der Waals surface area (Å²) in [7, 11) is 0. The van der Waals surface area contributed by atoms with Crippen molar-refractivity contribution in [2.75, 3.05) is 0 Å². The first-order valence-corrected chi connectivity index (χ1v) is 16.2. The second-order valence-electron chi connectivity index (χ2n) is 12.1. The van der Waals surface area contributed by atoms with Gasteiger partial charge in [0.1, 0.15) is 0 Å². The van der Waals surface area contributed by atoms with Crippen LogP contribution < -0.4 is 0 Å². The van der Waals surface area contributed by atoms with E-state index < -0.39 is 6.04 Å². The van der Waals surface area contributed by atoms with Crippen molar-refractivity contribution in [3.8, 4) is 44.8 Å². The minimum atomic E-state index is -0.400. The Hall–Kier alpha value is -6.64. The van der Waals surface area contributed by atoms with E-state index in [4.69, 9.17) is 16.4 Å². The molecule has 234 valence electrons. The summed E-state index contributed by atoms with van der Waals surface area (Å²) in [5.74, 6) is 0. The van der Waals surface area contributed by atoms with Gasteiger partial charge in [-0.05, 0) is 82.4 Å². The van der Waals surface area contributed by atoms with E-state index in [2.05, 4.69) is 0 Å². The van der Waals surface area contributed by atoms with Crippen LogP contribution in [0.4, 0.5) is 0 Å². The molecule has 0 aliphatic rings. The van der Waals surface area contributed by atoms with Crippen LogP contribution in [0.15, 0.2) is 194 Å². The van der Waals surface area contributed by atoms with Gasteiger partial charge in [0.25, 0.3) is 0 Å². The Labute approximate surface area is 307 Å². The molecule has 50 heavy (non-hydrogen) atoms. The first-order chi connectivity index (χ1) is 29.7. The highest BCUT2D eigenvalue weighted by atomic mass is 15.0. The molecular formula is C48H32N2. The second kappa shape index (κ2) is 11.5. The van der Waals surface area contributed by atoms with Crippen LogP contribution in [-0.4, -0.2) is 9.13 Å². The topological polar surface area (TPSA) is 9.86 Å². The minimum Gasteiger partial charge on any atom is -0.309 e. The molecule has 0 amide bonds. The summed E-state index contributed by atoms with van der Waals surface area (Å²) in [6.07, 6.45) is 0. The summed E-state index contributed by atoms with van der Waals surface area (Å²) in [6.45, 7) is 0. The average molecular weight is 649 g/mol. The summed E-state index contributed by atoms with van der Waals surface area (Å²) < 4.78 is 108. The van der Waals surface area contributed by atoms with Crippen molar-refractivity contribution < 1.29 is 16.4 Å². The number of benzene rings is 8. The molecule has 0 saturated heterocycles. The molecule has 0 fully saturated rings. The molecule has 0 aliphatic heterocycles. The Bertz CT molecular complexity index is 3560. The van der Waals surface area contributed by atoms with Crippen molar-refractivity contribution in [3.05, 3.63) is 194 Å². The van der Waals surface area contributed by atoms with Crippen LogP contribution >= 0.6 is 0 Å². The van der Waals surface area contributed by atoms with Crippen LogP contribution in [0.3, 0.4) is 0 Å². The van der Waals surface area contributed by atoms with Gasteiger partial charge in [-0.3, -0.25) is 0 Å². The monoisotopic (exact) mass is 648 g/mol. The molecule has 10 aromatic rings. The van der Waals surface area contributed by atoms with Crippen LogP contribution in [0.1, 0.15) is 16.4 Å². The average Bonchev–Trinajstić information content (AvgIpc) is 3.80. The number of hydrogen-bond acceptors (Lipinski definition) is 0. The second-order valence-corrected chi connectivity index (χ2v) is 12.1. The summed E-state index contributed by atoms with van der Waals surface area (Å²) in [5, 5.41) is 1.73. The molecule has 0 spiro atoms. The quantitative estimate of drug-likeness (QED) is 0.176. The lowest BCUT2D eigenvalue weighted by Crippen LogP contribution is -1.97. The molecule has 2 heteroatoms. The highest BCUT2D eigenvalue weighted by Gasteiger charge is 2.17. The predicted octanol–water partition coefficient (Wildman–Crippen LogP) is 12.9. The molecule has 2 heterocycles. The number of rotatable bonds is 5. The maximum Gasteiger partial charge on any atom is 0.0645 e. The van der Waals surface area contributed by atoms with Crippen molar-refractivity contribution in [2.24, 2.45) is 0 Å². The molecule has 0 unspecified atom stereocenters. The summed E-state index contributed by atoms with van der Waals surface area (Å²) >= 11 is 0. The Morgan fingerprint density at radius 2 is 0.960 bits per heavy atom. The minimum absolute atomic E-state index is 0.0955. The van der Waals surface area contributed by atoms with Gasteiger partial charge in [-0.1, -0.05) is 139 Å². The molecule has 10 rings (SSSR count). The molecule has 0 radical (unpaired) electrons. The smallest absolute Gasteiger partial charge is 0.0645 e. The van der Waals surface area contributed by atoms with Gasteiger partial charge >= 0.3 is 0 Å². The first kappa shape index (κ1) is 18.8. The largest absolute Gasteiger partial charge is 0.309 e. The standard InChI is InChI=1S/C48H32N2/c1-3-13-33(14-4-1)34-23-27-38(28-24-34)49-45-21-11-8-18-40(45)42-31-36(25-29-47(42)49)37-26-30-48-43(32-37)41-19-9-12-22-46(41)50(48)44-20-10-7-17-39(44)35-15-5-2-6-16-35/h1-32H/i1D,7D,8D,9D,11D,12D,13D,18D,19D,21D,22D,23D. The van der Waals surface area contributed by atoms with Gasteiger partial charge in [0.2, 0.25) is 0 Å². The van der Waals surface area contributed by atoms with Gasteiger partial charge in [0.05, 0.1) is 44.2 Å². The van der Waals surface area contributed by atoms with E-state index >= 15 is 0 Å². The van der Waals surface area contributed by atoms with E-state index in [1.807, 2.05) is 71.3 Å². The summed E-state index contributed by atoms with van der Waals surface area (Å²) in [4.78, 5) is 0. The number of nitrogens with zero attached hydrogens (tertiary/aromatic N) is 2. The maximum absolute atomic E-state index is 9.14. The van der Waals surface area contributed by atoms with E-state index in [0.29, 0.717) is 71.7 Å². The third-order valence-electron chi connectivity index (χ3n) is 9.30. The van der Waals surface area contributed by atoms with E-state index in [1.54, 1.807) is 53.1 Å². The molecule has 0 bridgehead atoms. The molecule has 8 aromatic carbocycles. The third kappa shape index (κ3) is 4.50. The lowest BCUT2D eigenvalue weighted by atomic mass is 10.0. The van der Waals surface area contributed by atoms with Crippen molar-refractivity contribution in [1.29, 1.82) is 0 Å². The van der Waals surface area contributed by atoms with Crippen LogP contribution in [0, 0.1) is 0 Å². The Morgan fingerprint density at radius 1 is 0.340 bits per heavy atom. The zero-order valence-electron chi connectivity index (χ0n) is 38.4. The summed E-state index contributed by atoms with van der Waals surface area (Å²) in [6, 6.07) is 33.9. The first-order valence-electron chi connectivity index (χ1n) is 22.2. The summed E-state index contributed by atoms with van der Waals surface area (Å²) in [5.41, 5.74) is 6.76. The fourth-order valence-corrected chi connectivity index (χ4v) is 7.02. The molecule has 2 aromatic heterocycles. The van der Waals surface area contributed by atoms with Gasteiger partial charge in [-0.25, -0.2) is 0 Å². The molecule has 2 nitrogen and oxygen atoms in total. The van der Waals surface area contributed by atoms with Gasteiger partial charge in [0.15, 0.2) is 0 Å². The molecule has 0 atom stereocenters. The molecular weight excluding hydrogens is 605 g/mol. The van der Waals surface area contributed by atoms with Crippen LogP contribution in [0.5, 0.6) is 0 Å². The van der Waals surface area contributed by atoms with E-state index in [0.717, 1.165) is 11.1 Å². The van der Waals surface area contributed by atoms with Crippen molar-refractivity contribution in [3.63, 3.8) is 0 Å². The third-order valence-corrected chi connectivity index (χ3v) is 9.30. The van der Waals surface area contributed by atoms with Crippen LogP contribution in [0.2, 0.25) is 0 Å². The number of hydrogen-bond donors (Lipinski definition) is 0. The predicted molar refractivity (Wildman–Crippen MR) is 211 cm³/mol. The Balaban J connectivity index is 1.22. The SMILES string of the molecule is [2H]c1ccc(-c2ccc(-n3c4ccc(-c5ccc6c(c5)c5c([2H])c([2H])c([2H])c([2H])c5n6-c5ccc([2H])cc5-c5ccccc5)cc4c4c([2H])c([2H])c([2H])c([2H])c43)cc2[2H])c([2H])c1. The zero-order valence-corrected chi connectivity index (χ0v) is 26.4.